The van der Waals surface area contributed by atoms with Crippen LogP contribution in [0.25, 0.3) is 0 Å². The number of ether oxygens (including phenoxy) is 1. The molecule has 1 N–H and O–H groups in total. The van der Waals surface area contributed by atoms with Crippen LogP contribution in [-0.4, -0.2) is 54.4 Å². The lowest BCUT2D eigenvalue weighted by Gasteiger charge is -2.27. The van der Waals surface area contributed by atoms with E-state index in [0.717, 1.165) is 0 Å². The predicted octanol–water partition coefficient (Wildman–Crippen LogP) is 0.771. The van der Waals surface area contributed by atoms with Crippen molar-refractivity contribution >= 4 is 27.7 Å². The summed E-state index contributed by atoms with van der Waals surface area (Å²) in [5.41, 5.74) is 0. The quantitative estimate of drug-likeness (QED) is 0.761. The van der Waals surface area contributed by atoms with Crippen LogP contribution in [0.2, 0.25) is 0 Å². The normalized spacial score (nSPS) is 17.7. The van der Waals surface area contributed by atoms with Gasteiger partial charge in [0.2, 0.25) is 11.8 Å². The number of amides is 2. The maximum absolute atomic E-state index is 11.8. The van der Waals surface area contributed by atoms with Gasteiger partial charge in [0.25, 0.3) is 0 Å². The first-order valence-corrected chi connectivity index (χ1v) is 7.21. The van der Waals surface area contributed by atoms with E-state index in [1.54, 1.807) is 4.90 Å². The monoisotopic (exact) mass is 320 g/mol. The molecule has 0 aromatic rings. The first-order valence-electron chi connectivity index (χ1n) is 6.29. The van der Waals surface area contributed by atoms with Crippen LogP contribution in [-0.2, 0) is 14.3 Å². The number of nitrogens with zero attached hydrogens (tertiary/aromatic N) is 1. The summed E-state index contributed by atoms with van der Waals surface area (Å²) in [4.78, 5) is 25.0. The van der Waals surface area contributed by atoms with Crippen molar-refractivity contribution in [3.8, 4) is 0 Å². The second kappa shape index (κ2) is 7.74. The molecule has 1 aliphatic rings. The summed E-state index contributed by atoms with van der Waals surface area (Å²) in [5, 5.41) is 2.77. The third-order valence-electron chi connectivity index (χ3n) is 2.84. The minimum Gasteiger partial charge on any atom is -0.378 e. The Morgan fingerprint density at radius 3 is 2.50 bits per heavy atom. The minimum atomic E-state index is -0.198. The zero-order valence-electron chi connectivity index (χ0n) is 10.9. The van der Waals surface area contributed by atoms with Crippen molar-refractivity contribution in [2.45, 2.75) is 25.1 Å². The largest absolute Gasteiger partial charge is 0.378 e. The predicted molar refractivity (Wildman–Crippen MR) is 72.6 cm³/mol. The van der Waals surface area contributed by atoms with Crippen LogP contribution >= 0.6 is 15.9 Å². The lowest BCUT2D eigenvalue weighted by atomic mass is 10.1. The smallest absolute Gasteiger partial charge is 0.234 e. The van der Waals surface area contributed by atoms with Crippen molar-refractivity contribution in [3.05, 3.63) is 0 Å². The summed E-state index contributed by atoms with van der Waals surface area (Å²) in [6.07, 6.45) is 0.351. The maximum atomic E-state index is 11.8. The third kappa shape index (κ3) is 4.94. The van der Waals surface area contributed by atoms with Gasteiger partial charge < -0.3 is 15.0 Å². The van der Waals surface area contributed by atoms with Crippen LogP contribution in [0.5, 0.6) is 0 Å². The van der Waals surface area contributed by atoms with Gasteiger partial charge in [0.1, 0.15) is 0 Å². The topological polar surface area (TPSA) is 58.6 Å². The molecule has 0 bridgehead atoms. The molecular weight excluding hydrogens is 300 g/mol. The minimum absolute atomic E-state index is 0.0558. The first-order chi connectivity index (χ1) is 8.52. The van der Waals surface area contributed by atoms with Crippen molar-refractivity contribution in [3.63, 3.8) is 0 Å². The molecule has 6 heteroatoms. The standard InChI is InChI=1S/C12H21BrN2O3/c1-9(2)11(13)12(17)14-4-3-10(16)15-5-7-18-8-6-15/h9,11H,3-8H2,1-2H3,(H,14,17). The van der Waals surface area contributed by atoms with E-state index in [4.69, 9.17) is 4.74 Å². The van der Waals surface area contributed by atoms with E-state index in [-0.39, 0.29) is 22.6 Å². The Balaban J connectivity index is 2.20. The van der Waals surface area contributed by atoms with Crippen LogP contribution < -0.4 is 5.32 Å². The average molecular weight is 321 g/mol. The molecule has 0 aromatic heterocycles. The van der Waals surface area contributed by atoms with Gasteiger partial charge in [0, 0.05) is 26.1 Å². The summed E-state index contributed by atoms with van der Waals surface area (Å²) in [6, 6.07) is 0. The van der Waals surface area contributed by atoms with Gasteiger partial charge in [0.05, 0.1) is 18.0 Å². The molecule has 0 saturated carbocycles. The Bertz CT molecular complexity index is 291. The number of rotatable bonds is 5. The average Bonchev–Trinajstić information content (AvgIpc) is 2.38. The van der Waals surface area contributed by atoms with E-state index >= 15 is 0 Å². The van der Waals surface area contributed by atoms with Gasteiger partial charge in [-0.1, -0.05) is 29.8 Å². The molecule has 1 atom stereocenters. The van der Waals surface area contributed by atoms with E-state index in [2.05, 4.69) is 21.2 Å². The van der Waals surface area contributed by atoms with Crippen LogP contribution in [0, 0.1) is 5.92 Å². The molecule has 1 saturated heterocycles. The summed E-state index contributed by atoms with van der Waals surface area (Å²) in [5.74, 6) is 0.258. The summed E-state index contributed by atoms with van der Waals surface area (Å²) >= 11 is 3.33. The Morgan fingerprint density at radius 2 is 1.94 bits per heavy atom. The van der Waals surface area contributed by atoms with Crippen LogP contribution in [0.4, 0.5) is 0 Å². The van der Waals surface area contributed by atoms with Gasteiger partial charge in [0.15, 0.2) is 0 Å². The highest BCUT2D eigenvalue weighted by atomic mass is 79.9. The Morgan fingerprint density at radius 1 is 1.33 bits per heavy atom. The van der Waals surface area contributed by atoms with Crippen LogP contribution in [0.3, 0.4) is 0 Å². The third-order valence-corrected chi connectivity index (χ3v) is 4.31. The highest BCUT2D eigenvalue weighted by Crippen LogP contribution is 2.11. The molecule has 2 amide bonds. The summed E-state index contributed by atoms with van der Waals surface area (Å²) in [7, 11) is 0. The zero-order chi connectivity index (χ0) is 13.5. The number of carbonyl (C=O) groups excluding carboxylic acids is 2. The van der Waals surface area contributed by atoms with Gasteiger partial charge in [-0.15, -0.1) is 0 Å². The molecule has 0 radical (unpaired) electrons. The fraction of sp³-hybridized carbons (Fsp3) is 0.833. The number of nitrogens with one attached hydrogen (secondary N) is 1. The second-order valence-corrected chi connectivity index (χ2v) is 5.67. The Kier molecular flexibility index (Phi) is 6.63. The summed E-state index contributed by atoms with van der Waals surface area (Å²) < 4.78 is 5.18. The van der Waals surface area contributed by atoms with Crippen LogP contribution in [0.1, 0.15) is 20.3 Å². The van der Waals surface area contributed by atoms with Crippen molar-refractivity contribution in [1.82, 2.24) is 10.2 Å². The van der Waals surface area contributed by atoms with Gasteiger partial charge in [-0.25, -0.2) is 0 Å². The SMILES string of the molecule is CC(C)C(Br)C(=O)NCCC(=O)N1CCOCC1. The number of hydrogen-bond donors (Lipinski definition) is 1. The molecule has 104 valence electrons. The van der Waals surface area contributed by atoms with Gasteiger partial charge in [-0.05, 0) is 5.92 Å². The maximum Gasteiger partial charge on any atom is 0.234 e. The molecule has 5 nitrogen and oxygen atoms in total. The molecule has 1 aliphatic heterocycles. The number of halogens is 1. The van der Waals surface area contributed by atoms with E-state index < -0.39 is 0 Å². The van der Waals surface area contributed by atoms with E-state index in [9.17, 15) is 9.59 Å². The van der Waals surface area contributed by atoms with Crippen LogP contribution in [0.15, 0.2) is 0 Å². The molecule has 1 heterocycles. The first kappa shape index (κ1) is 15.4. The summed E-state index contributed by atoms with van der Waals surface area (Å²) in [6.45, 7) is 6.85. The molecule has 18 heavy (non-hydrogen) atoms. The van der Waals surface area contributed by atoms with E-state index in [0.29, 0.717) is 39.3 Å². The highest BCUT2D eigenvalue weighted by molar-refractivity contribution is 9.10. The molecule has 0 aromatic carbocycles. The molecule has 0 aliphatic carbocycles. The van der Waals surface area contributed by atoms with Crippen molar-refractivity contribution in [2.75, 3.05) is 32.8 Å². The van der Waals surface area contributed by atoms with E-state index in [1.807, 2.05) is 13.8 Å². The number of carbonyl (C=O) groups is 2. The molecule has 0 spiro atoms. The molecule has 1 rings (SSSR count). The molecular formula is C12H21BrN2O3. The Labute approximate surface area is 116 Å². The number of alkyl halides is 1. The fourth-order valence-corrected chi connectivity index (χ4v) is 1.83. The molecule has 1 fully saturated rings. The van der Waals surface area contributed by atoms with Gasteiger partial charge in [-0.2, -0.15) is 0 Å². The Hall–Kier alpha value is -0.620. The van der Waals surface area contributed by atoms with Crippen molar-refractivity contribution < 1.29 is 14.3 Å². The lowest BCUT2D eigenvalue weighted by molar-refractivity contribution is -0.135. The van der Waals surface area contributed by atoms with Gasteiger partial charge >= 0.3 is 0 Å². The van der Waals surface area contributed by atoms with Crippen molar-refractivity contribution in [2.24, 2.45) is 5.92 Å². The highest BCUT2D eigenvalue weighted by Gasteiger charge is 2.19. The second-order valence-electron chi connectivity index (χ2n) is 4.68. The zero-order valence-corrected chi connectivity index (χ0v) is 12.5. The van der Waals surface area contributed by atoms with Crippen molar-refractivity contribution in [1.29, 1.82) is 0 Å². The molecule has 1 unspecified atom stereocenters. The number of hydrogen-bond acceptors (Lipinski definition) is 3. The van der Waals surface area contributed by atoms with E-state index in [1.165, 1.54) is 0 Å². The van der Waals surface area contributed by atoms with Gasteiger partial charge in [-0.3, -0.25) is 9.59 Å². The number of morpholine rings is 1. The lowest BCUT2D eigenvalue weighted by Crippen LogP contribution is -2.42. The fourth-order valence-electron chi connectivity index (χ4n) is 1.66.